The number of ether oxygens (including phenoxy) is 1. The van der Waals surface area contributed by atoms with Crippen LogP contribution in [0.4, 0.5) is 0 Å². The molecule has 0 aliphatic heterocycles. The summed E-state index contributed by atoms with van der Waals surface area (Å²) in [6.07, 6.45) is 0. The van der Waals surface area contributed by atoms with Gasteiger partial charge in [-0.2, -0.15) is 10.5 Å². The van der Waals surface area contributed by atoms with E-state index in [9.17, 15) is 10.1 Å². The normalized spacial score (nSPS) is 9.64. The van der Waals surface area contributed by atoms with E-state index in [1.54, 1.807) is 30.3 Å². The molecule has 2 aromatic carbocycles. The molecular formula is C17H11BrN2O2. The van der Waals surface area contributed by atoms with E-state index >= 15 is 0 Å². The third-order valence-electron chi connectivity index (χ3n) is 3.23. The first-order valence-electron chi connectivity index (χ1n) is 6.36. The number of nitriles is 2. The van der Waals surface area contributed by atoms with Crippen LogP contribution in [-0.4, -0.2) is 13.1 Å². The minimum atomic E-state index is -0.496. The van der Waals surface area contributed by atoms with Gasteiger partial charge >= 0.3 is 5.97 Å². The fourth-order valence-corrected chi connectivity index (χ4v) is 2.75. The summed E-state index contributed by atoms with van der Waals surface area (Å²) < 4.78 is 4.79. The van der Waals surface area contributed by atoms with Gasteiger partial charge in [-0.15, -0.1) is 0 Å². The van der Waals surface area contributed by atoms with E-state index in [4.69, 9.17) is 10.00 Å². The number of esters is 1. The number of carbonyl (C=O) groups excluding carboxylic acids is 1. The van der Waals surface area contributed by atoms with E-state index in [2.05, 4.69) is 28.1 Å². The monoisotopic (exact) mass is 354 g/mol. The van der Waals surface area contributed by atoms with E-state index in [1.165, 1.54) is 7.11 Å². The van der Waals surface area contributed by atoms with Gasteiger partial charge in [-0.25, -0.2) is 4.79 Å². The first kappa shape index (κ1) is 15.8. The predicted octanol–water partition coefficient (Wildman–Crippen LogP) is 3.78. The fraction of sp³-hybridized carbons (Fsp3) is 0.118. The Morgan fingerprint density at radius 1 is 1.18 bits per heavy atom. The second-order valence-electron chi connectivity index (χ2n) is 4.48. The van der Waals surface area contributed by atoms with Crippen LogP contribution >= 0.6 is 15.9 Å². The van der Waals surface area contributed by atoms with Gasteiger partial charge in [0.25, 0.3) is 0 Å². The zero-order chi connectivity index (χ0) is 16.1. The summed E-state index contributed by atoms with van der Waals surface area (Å²) >= 11 is 3.30. The number of carbonyl (C=O) groups is 1. The largest absolute Gasteiger partial charge is 0.465 e. The minimum absolute atomic E-state index is 0.343. The van der Waals surface area contributed by atoms with Crippen molar-refractivity contribution in [1.82, 2.24) is 0 Å². The molecule has 5 heteroatoms. The van der Waals surface area contributed by atoms with Gasteiger partial charge in [-0.3, -0.25) is 0 Å². The van der Waals surface area contributed by atoms with Crippen molar-refractivity contribution in [3.8, 4) is 23.3 Å². The topological polar surface area (TPSA) is 73.9 Å². The summed E-state index contributed by atoms with van der Waals surface area (Å²) in [4.78, 5) is 12.0. The van der Waals surface area contributed by atoms with Crippen LogP contribution in [-0.2, 0) is 10.1 Å². The van der Waals surface area contributed by atoms with Crippen molar-refractivity contribution in [3.63, 3.8) is 0 Å². The van der Waals surface area contributed by atoms with E-state index < -0.39 is 5.97 Å². The molecule has 22 heavy (non-hydrogen) atoms. The number of hydrogen-bond acceptors (Lipinski definition) is 4. The quantitative estimate of drug-likeness (QED) is 0.620. The van der Waals surface area contributed by atoms with Crippen molar-refractivity contribution < 1.29 is 9.53 Å². The van der Waals surface area contributed by atoms with Gasteiger partial charge in [0.15, 0.2) is 0 Å². The molecule has 0 unspecified atom stereocenters. The lowest BCUT2D eigenvalue weighted by Crippen LogP contribution is -2.07. The number of alkyl halides is 1. The molecule has 0 heterocycles. The molecule has 0 amide bonds. The van der Waals surface area contributed by atoms with Gasteiger partial charge in [0.05, 0.1) is 35.9 Å². The lowest BCUT2D eigenvalue weighted by Gasteiger charge is -2.11. The Morgan fingerprint density at radius 3 is 2.55 bits per heavy atom. The molecule has 0 spiro atoms. The summed E-state index contributed by atoms with van der Waals surface area (Å²) in [5, 5.41) is 18.7. The fourth-order valence-electron chi connectivity index (χ4n) is 2.14. The number of benzene rings is 2. The first-order chi connectivity index (χ1) is 10.6. The molecule has 0 radical (unpaired) electrons. The smallest absolute Gasteiger partial charge is 0.338 e. The highest BCUT2D eigenvalue weighted by Crippen LogP contribution is 2.28. The van der Waals surface area contributed by atoms with Crippen molar-refractivity contribution in [1.29, 1.82) is 10.5 Å². The SMILES string of the molecule is COC(=O)c1cc(-c2cccc(C#N)c2)cc(C#N)c1CBr. The Morgan fingerprint density at radius 2 is 1.95 bits per heavy atom. The van der Waals surface area contributed by atoms with Crippen LogP contribution in [0.1, 0.15) is 27.0 Å². The zero-order valence-corrected chi connectivity index (χ0v) is 13.3. The number of nitrogens with zero attached hydrogens (tertiary/aromatic N) is 2. The van der Waals surface area contributed by atoms with Crippen LogP contribution in [0, 0.1) is 22.7 Å². The van der Waals surface area contributed by atoms with Gasteiger partial charge < -0.3 is 4.74 Å². The Balaban J connectivity index is 2.70. The molecule has 0 fully saturated rings. The van der Waals surface area contributed by atoms with Gasteiger partial charge in [-0.05, 0) is 41.0 Å². The molecule has 108 valence electrons. The van der Waals surface area contributed by atoms with E-state index in [1.807, 2.05) is 6.07 Å². The first-order valence-corrected chi connectivity index (χ1v) is 7.48. The lowest BCUT2D eigenvalue weighted by atomic mass is 9.95. The van der Waals surface area contributed by atoms with Crippen LogP contribution < -0.4 is 0 Å². The van der Waals surface area contributed by atoms with Crippen LogP contribution in [0.2, 0.25) is 0 Å². The van der Waals surface area contributed by atoms with E-state index in [-0.39, 0.29) is 0 Å². The summed E-state index contributed by atoms with van der Waals surface area (Å²) in [5.41, 5.74) is 3.31. The molecule has 2 aromatic rings. The highest BCUT2D eigenvalue weighted by molar-refractivity contribution is 9.08. The number of methoxy groups -OCH3 is 1. The molecular weight excluding hydrogens is 344 g/mol. The number of halogens is 1. The highest BCUT2D eigenvalue weighted by atomic mass is 79.9. The maximum atomic E-state index is 12.0. The standard InChI is InChI=1S/C17H11BrN2O2/c1-22-17(21)15-7-13(6-14(10-20)16(15)8-18)12-4-2-3-11(5-12)9-19/h2-7H,8H2,1H3. The second kappa shape index (κ2) is 6.89. The van der Waals surface area contributed by atoms with Crippen molar-refractivity contribution in [2.75, 3.05) is 7.11 Å². The van der Waals surface area contributed by atoms with Crippen LogP contribution in [0.5, 0.6) is 0 Å². The Hall–Kier alpha value is -2.63. The van der Waals surface area contributed by atoms with Crippen LogP contribution in [0.15, 0.2) is 36.4 Å². The molecule has 0 aliphatic rings. The van der Waals surface area contributed by atoms with Crippen molar-refractivity contribution in [3.05, 3.63) is 58.7 Å². The maximum Gasteiger partial charge on any atom is 0.338 e. The average molecular weight is 355 g/mol. The number of hydrogen-bond donors (Lipinski definition) is 0. The molecule has 0 aromatic heterocycles. The minimum Gasteiger partial charge on any atom is -0.465 e. The molecule has 2 rings (SSSR count). The van der Waals surface area contributed by atoms with Crippen molar-refractivity contribution in [2.45, 2.75) is 5.33 Å². The summed E-state index contributed by atoms with van der Waals surface area (Å²) in [6, 6.07) is 14.6. The molecule has 0 bridgehead atoms. The van der Waals surface area contributed by atoms with Gasteiger partial charge in [-0.1, -0.05) is 28.1 Å². The third kappa shape index (κ3) is 3.00. The third-order valence-corrected chi connectivity index (χ3v) is 3.80. The molecule has 0 saturated heterocycles. The van der Waals surface area contributed by atoms with E-state index in [0.29, 0.717) is 33.1 Å². The molecule has 0 atom stereocenters. The summed E-state index contributed by atoms with van der Waals surface area (Å²) in [6.45, 7) is 0. The number of rotatable bonds is 3. The average Bonchev–Trinajstić information content (AvgIpc) is 2.59. The second-order valence-corrected chi connectivity index (χ2v) is 5.04. The van der Waals surface area contributed by atoms with Crippen LogP contribution in [0.25, 0.3) is 11.1 Å². The van der Waals surface area contributed by atoms with Gasteiger partial charge in [0, 0.05) is 5.33 Å². The molecule has 4 nitrogen and oxygen atoms in total. The van der Waals surface area contributed by atoms with Gasteiger partial charge in [0.2, 0.25) is 0 Å². The summed E-state index contributed by atoms with van der Waals surface area (Å²) in [5.74, 6) is -0.496. The zero-order valence-electron chi connectivity index (χ0n) is 11.8. The maximum absolute atomic E-state index is 12.0. The van der Waals surface area contributed by atoms with Gasteiger partial charge in [0.1, 0.15) is 0 Å². The molecule has 0 N–H and O–H groups in total. The Bertz CT molecular complexity index is 816. The Kier molecular flexibility index (Phi) is 4.93. The Labute approximate surface area is 136 Å². The van der Waals surface area contributed by atoms with Crippen molar-refractivity contribution in [2.24, 2.45) is 0 Å². The molecule has 0 aliphatic carbocycles. The van der Waals surface area contributed by atoms with E-state index in [0.717, 1.165) is 5.56 Å². The lowest BCUT2D eigenvalue weighted by molar-refractivity contribution is 0.0600. The predicted molar refractivity (Wildman–Crippen MR) is 85.3 cm³/mol. The molecule has 0 saturated carbocycles. The summed E-state index contributed by atoms with van der Waals surface area (Å²) in [7, 11) is 1.30. The van der Waals surface area contributed by atoms with Crippen molar-refractivity contribution >= 4 is 21.9 Å². The van der Waals surface area contributed by atoms with Crippen LogP contribution in [0.3, 0.4) is 0 Å². The highest BCUT2D eigenvalue weighted by Gasteiger charge is 2.17.